The first-order valence-corrected chi connectivity index (χ1v) is 7.56. The molecule has 7 nitrogen and oxygen atoms in total. The summed E-state index contributed by atoms with van der Waals surface area (Å²) in [5, 5.41) is 3.24. The lowest BCUT2D eigenvalue weighted by atomic mass is 10.1. The number of nitrogens with zero attached hydrogens (tertiary/aromatic N) is 3. The van der Waals surface area contributed by atoms with E-state index in [9.17, 15) is 9.59 Å². The van der Waals surface area contributed by atoms with Gasteiger partial charge in [-0.15, -0.1) is 0 Å². The first kappa shape index (κ1) is 16.2. The summed E-state index contributed by atoms with van der Waals surface area (Å²) >= 11 is 0. The van der Waals surface area contributed by atoms with Crippen LogP contribution in [0.4, 0.5) is 0 Å². The zero-order valence-corrected chi connectivity index (χ0v) is 13.2. The summed E-state index contributed by atoms with van der Waals surface area (Å²) in [5.41, 5.74) is 0. The van der Waals surface area contributed by atoms with E-state index in [1.54, 1.807) is 19.0 Å². The molecule has 2 aliphatic rings. The van der Waals surface area contributed by atoms with Crippen LogP contribution < -0.4 is 5.32 Å². The number of piperazine rings is 1. The van der Waals surface area contributed by atoms with E-state index in [4.69, 9.17) is 4.74 Å². The van der Waals surface area contributed by atoms with Crippen molar-refractivity contribution in [2.75, 3.05) is 60.0 Å². The van der Waals surface area contributed by atoms with Crippen LogP contribution in [0.5, 0.6) is 0 Å². The number of amides is 2. The van der Waals surface area contributed by atoms with Crippen LogP contribution in [-0.4, -0.2) is 98.6 Å². The minimum atomic E-state index is -0.279. The molecule has 0 spiro atoms. The second-order valence-corrected chi connectivity index (χ2v) is 5.80. The van der Waals surface area contributed by atoms with E-state index < -0.39 is 0 Å². The lowest BCUT2D eigenvalue weighted by Gasteiger charge is -2.41. The number of morpholine rings is 1. The topological polar surface area (TPSA) is 65.1 Å². The van der Waals surface area contributed by atoms with Gasteiger partial charge in [0.15, 0.2) is 0 Å². The molecule has 2 unspecified atom stereocenters. The van der Waals surface area contributed by atoms with Crippen molar-refractivity contribution in [3.05, 3.63) is 0 Å². The van der Waals surface area contributed by atoms with Crippen LogP contribution >= 0.6 is 0 Å². The van der Waals surface area contributed by atoms with Crippen LogP contribution in [0.1, 0.15) is 6.92 Å². The molecule has 2 amide bonds. The maximum atomic E-state index is 12.6. The Morgan fingerprint density at radius 3 is 2.52 bits per heavy atom. The van der Waals surface area contributed by atoms with Gasteiger partial charge in [-0.3, -0.25) is 14.5 Å². The van der Waals surface area contributed by atoms with E-state index in [1.165, 1.54) is 0 Å². The van der Waals surface area contributed by atoms with Crippen molar-refractivity contribution in [3.63, 3.8) is 0 Å². The molecule has 2 fully saturated rings. The lowest BCUT2D eigenvalue weighted by molar-refractivity contribution is -0.145. The molecule has 0 radical (unpaired) electrons. The van der Waals surface area contributed by atoms with Gasteiger partial charge in [-0.1, -0.05) is 0 Å². The lowest BCUT2D eigenvalue weighted by Crippen LogP contribution is -2.63. The summed E-state index contributed by atoms with van der Waals surface area (Å²) in [7, 11) is 3.51. The number of carbonyl (C=O) groups is 2. The SMILES string of the molecule is CC(C(=O)N1CCOCC1)N1CCNCC1C(=O)N(C)C. The van der Waals surface area contributed by atoms with Crippen LogP contribution in [-0.2, 0) is 14.3 Å². The van der Waals surface area contributed by atoms with Crippen LogP contribution in [0, 0.1) is 0 Å². The monoisotopic (exact) mass is 298 g/mol. The predicted molar refractivity (Wildman–Crippen MR) is 78.9 cm³/mol. The molecule has 120 valence electrons. The van der Waals surface area contributed by atoms with Gasteiger partial charge in [0.1, 0.15) is 6.04 Å². The second kappa shape index (κ2) is 7.20. The summed E-state index contributed by atoms with van der Waals surface area (Å²) < 4.78 is 5.29. The minimum absolute atomic E-state index is 0.0452. The van der Waals surface area contributed by atoms with Gasteiger partial charge in [0, 0.05) is 46.8 Å². The molecule has 0 aliphatic carbocycles. The zero-order valence-electron chi connectivity index (χ0n) is 13.2. The van der Waals surface area contributed by atoms with Crippen molar-refractivity contribution in [2.45, 2.75) is 19.0 Å². The molecule has 2 atom stereocenters. The highest BCUT2D eigenvalue weighted by Gasteiger charge is 2.36. The minimum Gasteiger partial charge on any atom is -0.378 e. The zero-order chi connectivity index (χ0) is 15.4. The number of carbonyl (C=O) groups excluding carboxylic acids is 2. The molecule has 0 aromatic carbocycles. The van der Waals surface area contributed by atoms with Crippen LogP contribution in [0.25, 0.3) is 0 Å². The quantitative estimate of drug-likeness (QED) is 0.694. The van der Waals surface area contributed by atoms with E-state index in [0.717, 1.165) is 6.54 Å². The van der Waals surface area contributed by atoms with Crippen molar-refractivity contribution in [1.29, 1.82) is 0 Å². The fourth-order valence-corrected chi connectivity index (χ4v) is 2.90. The third-order valence-electron chi connectivity index (χ3n) is 4.19. The fraction of sp³-hybridized carbons (Fsp3) is 0.857. The first-order chi connectivity index (χ1) is 10.0. The van der Waals surface area contributed by atoms with Crippen molar-refractivity contribution in [3.8, 4) is 0 Å². The van der Waals surface area contributed by atoms with Gasteiger partial charge >= 0.3 is 0 Å². The normalized spacial score (nSPS) is 25.5. The Morgan fingerprint density at radius 1 is 1.24 bits per heavy atom. The number of hydrogen-bond acceptors (Lipinski definition) is 5. The van der Waals surface area contributed by atoms with Gasteiger partial charge in [-0.05, 0) is 6.92 Å². The third kappa shape index (κ3) is 3.72. The van der Waals surface area contributed by atoms with Gasteiger partial charge in [0.25, 0.3) is 0 Å². The highest BCUT2D eigenvalue weighted by atomic mass is 16.5. The summed E-state index contributed by atoms with van der Waals surface area (Å²) in [6.07, 6.45) is 0. The molecule has 2 rings (SSSR count). The Labute approximate surface area is 126 Å². The molecule has 0 saturated carbocycles. The van der Waals surface area contributed by atoms with Gasteiger partial charge in [-0.2, -0.15) is 0 Å². The highest BCUT2D eigenvalue weighted by Crippen LogP contribution is 2.13. The van der Waals surface area contributed by atoms with E-state index in [2.05, 4.69) is 5.32 Å². The molecule has 1 N–H and O–H groups in total. The molecular weight excluding hydrogens is 272 g/mol. The number of rotatable bonds is 3. The van der Waals surface area contributed by atoms with E-state index >= 15 is 0 Å². The molecule has 0 bridgehead atoms. The van der Waals surface area contributed by atoms with Crippen LogP contribution in [0.2, 0.25) is 0 Å². The van der Waals surface area contributed by atoms with E-state index in [1.807, 2.05) is 16.7 Å². The van der Waals surface area contributed by atoms with Crippen LogP contribution in [0.15, 0.2) is 0 Å². The Morgan fingerprint density at radius 2 is 1.90 bits per heavy atom. The first-order valence-electron chi connectivity index (χ1n) is 7.56. The number of ether oxygens (including phenoxy) is 1. The smallest absolute Gasteiger partial charge is 0.240 e. The summed E-state index contributed by atoms with van der Waals surface area (Å²) in [5.74, 6) is 0.139. The van der Waals surface area contributed by atoms with Crippen molar-refractivity contribution >= 4 is 11.8 Å². The average Bonchev–Trinajstić information content (AvgIpc) is 2.53. The molecule has 21 heavy (non-hydrogen) atoms. The average molecular weight is 298 g/mol. The standard InChI is InChI=1S/C14H26N4O3/c1-11(13(19)17-6-8-21-9-7-17)18-5-4-15-10-12(18)14(20)16(2)3/h11-12,15H,4-10H2,1-3H3. The van der Waals surface area contributed by atoms with Gasteiger partial charge in [0.05, 0.1) is 19.3 Å². The maximum absolute atomic E-state index is 12.6. The maximum Gasteiger partial charge on any atom is 0.240 e. The molecule has 2 aliphatic heterocycles. The van der Waals surface area contributed by atoms with Crippen molar-refractivity contribution in [2.24, 2.45) is 0 Å². The third-order valence-corrected chi connectivity index (χ3v) is 4.19. The molecule has 2 heterocycles. The Hall–Kier alpha value is -1.18. The van der Waals surface area contributed by atoms with E-state index in [-0.39, 0.29) is 23.9 Å². The predicted octanol–water partition coefficient (Wildman–Crippen LogP) is -1.40. The molecule has 7 heteroatoms. The van der Waals surface area contributed by atoms with Gasteiger partial charge in [-0.25, -0.2) is 0 Å². The molecule has 0 aromatic rings. The summed E-state index contributed by atoms with van der Waals surface area (Å²) in [4.78, 5) is 30.4. The number of nitrogens with one attached hydrogen (secondary N) is 1. The Bertz CT molecular complexity index is 382. The van der Waals surface area contributed by atoms with E-state index in [0.29, 0.717) is 39.4 Å². The van der Waals surface area contributed by atoms with Crippen molar-refractivity contribution < 1.29 is 14.3 Å². The Kier molecular flexibility index (Phi) is 5.55. The molecular formula is C14H26N4O3. The summed E-state index contributed by atoms with van der Waals surface area (Å²) in [6, 6.07) is -0.548. The highest BCUT2D eigenvalue weighted by molar-refractivity contribution is 5.85. The molecule has 0 aromatic heterocycles. The van der Waals surface area contributed by atoms with Crippen molar-refractivity contribution in [1.82, 2.24) is 20.0 Å². The second-order valence-electron chi connectivity index (χ2n) is 5.80. The van der Waals surface area contributed by atoms with Crippen LogP contribution in [0.3, 0.4) is 0 Å². The largest absolute Gasteiger partial charge is 0.378 e. The summed E-state index contributed by atoms with van der Waals surface area (Å²) in [6.45, 7) is 6.49. The number of likely N-dealkylation sites (N-methyl/N-ethyl adjacent to an activating group) is 1. The van der Waals surface area contributed by atoms with Gasteiger partial charge < -0.3 is 19.9 Å². The number of hydrogen-bond donors (Lipinski definition) is 1. The Balaban J connectivity index is 2.05. The molecule has 2 saturated heterocycles. The fourth-order valence-electron chi connectivity index (χ4n) is 2.90. The van der Waals surface area contributed by atoms with Gasteiger partial charge in [0.2, 0.25) is 11.8 Å².